The van der Waals surface area contributed by atoms with Crippen molar-refractivity contribution in [1.29, 1.82) is 5.26 Å². The molecule has 0 atom stereocenters. The number of nitrogens with zero attached hydrogens (tertiary/aromatic N) is 2. The van der Waals surface area contributed by atoms with Crippen LogP contribution in [0.2, 0.25) is 0 Å². The molecule has 0 unspecified atom stereocenters. The highest BCUT2D eigenvalue weighted by Crippen LogP contribution is 2.19. The van der Waals surface area contributed by atoms with Crippen LogP contribution in [0.25, 0.3) is 0 Å². The fourth-order valence-electron chi connectivity index (χ4n) is 2.47. The summed E-state index contributed by atoms with van der Waals surface area (Å²) in [7, 11) is 1.30. The number of aromatic nitrogens is 1. The molecule has 1 amide bonds. The van der Waals surface area contributed by atoms with E-state index >= 15 is 0 Å². The summed E-state index contributed by atoms with van der Waals surface area (Å²) in [4.78, 5) is 28.2. The van der Waals surface area contributed by atoms with Crippen LogP contribution in [0.1, 0.15) is 26.3 Å². The molecule has 0 aliphatic heterocycles. The number of benzene rings is 2. The van der Waals surface area contributed by atoms with Crippen molar-refractivity contribution in [2.75, 3.05) is 17.7 Å². The number of hydrogen-bond acceptors (Lipinski definition) is 6. The molecule has 0 saturated carbocycles. The van der Waals surface area contributed by atoms with Crippen LogP contribution in [0.15, 0.2) is 66.9 Å². The fraction of sp³-hybridized carbons (Fsp3) is 0.0476. The number of esters is 1. The molecule has 0 fully saturated rings. The molecule has 138 valence electrons. The van der Waals surface area contributed by atoms with E-state index in [1.165, 1.54) is 19.4 Å². The SMILES string of the molecule is COC(=O)c1cccc(NC(=O)c2ccc(Nc3ccccc3C#N)nc2)c1. The van der Waals surface area contributed by atoms with Gasteiger partial charge in [-0.05, 0) is 42.5 Å². The maximum absolute atomic E-state index is 12.4. The third-order valence-corrected chi connectivity index (χ3v) is 3.88. The summed E-state index contributed by atoms with van der Waals surface area (Å²) >= 11 is 0. The van der Waals surface area contributed by atoms with E-state index in [9.17, 15) is 9.59 Å². The number of methoxy groups -OCH3 is 1. The highest BCUT2D eigenvalue weighted by molar-refractivity contribution is 6.04. The van der Waals surface area contributed by atoms with Gasteiger partial charge < -0.3 is 15.4 Å². The minimum absolute atomic E-state index is 0.342. The quantitative estimate of drug-likeness (QED) is 0.661. The first kappa shape index (κ1) is 18.6. The van der Waals surface area contributed by atoms with Gasteiger partial charge in [0, 0.05) is 11.9 Å². The van der Waals surface area contributed by atoms with Gasteiger partial charge in [0.25, 0.3) is 5.91 Å². The number of para-hydroxylation sites is 1. The largest absolute Gasteiger partial charge is 0.465 e. The molecule has 0 aliphatic carbocycles. The van der Waals surface area contributed by atoms with Gasteiger partial charge in [0.05, 0.1) is 29.5 Å². The van der Waals surface area contributed by atoms with E-state index in [2.05, 4.69) is 26.4 Å². The predicted molar refractivity (Wildman–Crippen MR) is 104 cm³/mol. The molecule has 3 rings (SSSR count). The Kier molecular flexibility index (Phi) is 5.63. The first-order chi connectivity index (χ1) is 13.6. The standard InChI is InChI=1S/C21H16N4O3/c1-28-21(27)14-6-4-7-17(11-14)24-20(26)16-9-10-19(23-13-16)25-18-8-3-2-5-15(18)12-22/h2-11,13H,1H3,(H,23,25)(H,24,26). The predicted octanol–water partition coefficient (Wildman–Crippen LogP) is 3.74. The Morgan fingerprint density at radius 2 is 1.86 bits per heavy atom. The summed E-state index contributed by atoms with van der Waals surface area (Å²) in [5, 5.41) is 14.9. The number of nitriles is 1. The molecule has 2 N–H and O–H groups in total. The van der Waals surface area contributed by atoms with Crippen molar-refractivity contribution in [3.05, 3.63) is 83.6 Å². The Balaban J connectivity index is 1.70. The summed E-state index contributed by atoms with van der Waals surface area (Å²) in [5.74, 6) is -0.337. The van der Waals surface area contributed by atoms with E-state index in [1.807, 2.05) is 6.07 Å². The number of carbonyl (C=O) groups excluding carboxylic acids is 2. The lowest BCUT2D eigenvalue weighted by molar-refractivity contribution is 0.0600. The van der Waals surface area contributed by atoms with Crippen LogP contribution >= 0.6 is 0 Å². The van der Waals surface area contributed by atoms with Crippen LogP contribution < -0.4 is 10.6 Å². The normalized spacial score (nSPS) is 9.86. The number of nitrogens with one attached hydrogen (secondary N) is 2. The zero-order chi connectivity index (χ0) is 19.9. The summed E-state index contributed by atoms with van der Waals surface area (Å²) in [6, 6.07) is 18.9. The lowest BCUT2D eigenvalue weighted by atomic mass is 10.2. The van der Waals surface area contributed by atoms with Gasteiger partial charge in [-0.3, -0.25) is 4.79 Å². The van der Waals surface area contributed by atoms with Crippen LogP contribution in [0.4, 0.5) is 17.2 Å². The van der Waals surface area contributed by atoms with E-state index in [0.29, 0.717) is 33.9 Å². The molecule has 7 nitrogen and oxygen atoms in total. The Hall–Kier alpha value is -4.18. The highest BCUT2D eigenvalue weighted by Gasteiger charge is 2.10. The van der Waals surface area contributed by atoms with Crippen molar-refractivity contribution in [3.8, 4) is 6.07 Å². The second-order valence-corrected chi connectivity index (χ2v) is 5.74. The highest BCUT2D eigenvalue weighted by atomic mass is 16.5. The second kappa shape index (κ2) is 8.47. The van der Waals surface area contributed by atoms with Crippen LogP contribution in [0.5, 0.6) is 0 Å². The average Bonchev–Trinajstić information content (AvgIpc) is 2.74. The maximum Gasteiger partial charge on any atom is 0.337 e. The lowest BCUT2D eigenvalue weighted by Crippen LogP contribution is -2.13. The van der Waals surface area contributed by atoms with Gasteiger partial charge in [0.15, 0.2) is 0 Å². The molecular formula is C21H16N4O3. The molecule has 0 aliphatic rings. The zero-order valence-corrected chi connectivity index (χ0v) is 15.0. The molecule has 0 spiro atoms. The van der Waals surface area contributed by atoms with Gasteiger partial charge in [-0.2, -0.15) is 5.26 Å². The summed E-state index contributed by atoms with van der Waals surface area (Å²) in [6.45, 7) is 0. The Morgan fingerprint density at radius 3 is 2.57 bits per heavy atom. The molecule has 28 heavy (non-hydrogen) atoms. The monoisotopic (exact) mass is 372 g/mol. The van der Waals surface area contributed by atoms with Crippen LogP contribution in [0.3, 0.4) is 0 Å². The molecule has 0 radical (unpaired) electrons. The molecular weight excluding hydrogens is 356 g/mol. The maximum atomic E-state index is 12.4. The van der Waals surface area contributed by atoms with E-state index in [-0.39, 0.29) is 5.91 Å². The molecule has 2 aromatic carbocycles. The second-order valence-electron chi connectivity index (χ2n) is 5.74. The summed E-state index contributed by atoms with van der Waals surface area (Å²) in [6.07, 6.45) is 1.43. The number of amides is 1. The molecule has 7 heteroatoms. The van der Waals surface area contributed by atoms with E-state index in [0.717, 1.165) is 0 Å². The van der Waals surface area contributed by atoms with Crippen molar-refractivity contribution in [2.24, 2.45) is 0 Å². The molecule has 0 saturated heterocycles. The van der Waals surface area contributed by atoms with Crippen molar-refractivity contribution >= 4 is 29.1 Å². The summed E-state index contributed by atoms with van der Waals surface area (Å²) in [5.41, 5.74) is 2.29. The van der Waals surface area contributed by atoms with Gasteiger partial charge in [0.2, 0.25) is 0 Å². The third-order valence-electron chi connectivity index (χ3n) is 3.88. The summed E-state index contributed by atoms with van der Waals surface area (Å²) < 4.78 is 4.67. The number of pyridine rings is 1. The molecule has 3 aromatic rings. The van der Waals surface area contributed by atoms with Crippen molar-refractivity contribution in [3.63, 3.8) is 0 Å². The number of ether oxygens (including phenoxy) is 1. The van der Waals surface area contributed by atoms with Crippen LogP contribution in [-0.4, -0.2) is 24.0 Å². The Bertz CT molecular complexity index is 1060. The average molecular weight is 372 g/mol. The Morgan fingerprint density at radius 1 is 1.04 bits per heavy atom. The number of hydrogen-bond donors (Lipinski definition) is 2. The van der Waals surface area contributed by atoms with Crippen LogP contribution in [-0.2, 0) is 4.74 Å². The van der Waals surface area contributed by atoms with E-state index < -0.39 is 5.97 Å². The smallest absolute Gasteiger partial charge is 0.337 e. The van der Waals surface area contributed by atoms with Crippen LogP contribution in [0, 0.1) is 11.3 Å². The zero-order valence-electron chi connectivity index (χ0n) is 15.0. The minimum Gasteiger partial charge on any atom is -0.465 e. The first-order valence-electron chi connectivity index (χ1n) is 8.32. The molecule has 1 aromatic heterocycles. The van der Waals surface area contributed by atoms with E-state index in [4.69, 9.17) is 5.26 Å². The van der Waals surface area contributed by atoms with Crippen molar-refractivity contribution < 1.29 is 14.3 Å². The van der Waals surface area contributed by atoms with Gasteiger partial charge in [-0.1, -0.05) is 18.2 Å². The molecule has 0 bridgehead atoms. The fourth-order valence-corrected chi connectivity index (χ4v) is 2.47. The van der Waals surface area contributed by atoms with Crippen molar-refractivity contribution in [1.82, 2.24) is 4.98 Å². The third kappa shape index (κ3) is 4.31. The minimum atomic E-state index is -0.481. The van der Waals surface area contributed by atoms with Crippen molar-refractivity contribution in [2.45, 2.75) is 0 Å². The lowest BCUT2D eigenvalue weighted by Gasteiger charge is -2.09. The number of carbonyl (C=O) groups is 2. The number of rotatable bonds is 5. The molecule has 1 heterocycles. The van der Waals surface area contributed by atoms with Gasteiger partial charge in [0.1, 0.15) is 11.9 Å². The topological polar surface area (TPSA) is 104 Å². The first-order valence-corrected chi connectivity index (χ1v) is 8.32. The van der Waals surface area contributed by atoms with Gasteiger partial charge in [-0.15, -0.1) is 0 Å². The Labute approximate surface area is 161 Å². The van der Waals surface area contributed by atoms with E-state index in [1.54, 1.807) is 48.5 Å². The number of anilines is 3. The van der Waals surface area contributed by atoms with Gasteiger partial charge in [-0.25, -0.2) is 9.78 Å². The van der Waals surface area contributed by atoms with Gasteiger partial charge >= 0.3 is 5.97 Å².